The molecule has 0 unspecified atom stereocenters. The maximum absolute atomic E-state index is 12.8. The number of nitrogens with one attached hydrogen (secondary N) is 1. The average molecular weight is 317 g/mol. The molecular formula is C17H23N3O3. The molecule has 6 heteroatoms. The predicted molar refractivity (Wildman–Crippen MR) is 86.2 cm³/mol. The Kier molecular flexibility index (Phi) is 4.41. The quantitative estimate of drug-likeness (QED) is 0.923. The topological polar surface area (TPSA) is 71.5 Å². The van der Waals surface area contributed by atoms with Crippen LogP contribution in [0, 0.1) is 12.8 Å². The Labute approximate surface area is 135 Å². The minimum absolute atomic E-state index is 0.0287. The van der Waals surface area contributed by atoms with Crippen LogP contribution in [0.15, 0.2) is 27.3 Å². The van der Waals surface area contributed by atoms with E-state index in [1.807, 2.05) is 30.9 Å². The van der Waals surface area contributed by atoms with E-state index in [9.17, 15) is 4.79 Å². The van der Waals surface area contributed by atoms with Crippen molar-refractivity contribution in [1.82, 2.24) is 10.1 Å². The zero-order valence-electron chi connectivity index (χ0n) is 13.8. The number of aryl methyl sites for hydroxylation is 2. The molecule has 1 aliphatic heterocycles. The highest BCUT2D eigenvalue weighted by Gasteiger charge is 2.33. The molecule has 2 amide bonds. The number of hydrogen-bond donors (Lipinski definition) is 1. The van der Waals surface area contributed by atoms with Gasteiger partial charge >= 0.3 is 6.03 Å². The number of furan rings is 1. The van der Waals surface area contributed by atoms with Crippen molar-refractivity contribution in [2.24, 2.45) is 5.92 Å². The molecule has 2 aromatic rings. The summed E-state index contributed by atoms with van der Waals surface area (Å²) in [6.45, 7) is 6.72. The number of likely N-dealkylation sites (tertiary alicyclic amines) is 1. The van der Waals surface area contributed by atoms with Gasteiger partial charge in [0.2, 0.25) is 0 Å². The normalized spacial score (nSPS) is 21.4. The summed E-state index contributed by atoms with van der Waals surface area (Å²) < 4.78 is 10.7. The third kappa shape index (κ3) is 3.11. The van der Waals surface area contributed by atoms with Crippen LogP contribution >= 0.6 is 0 Å². The first-order chi connectivity index (χ1) is 11.1. The van der Waals surface area contributed by atoms with E-state index in [-0.39, 0.29) is 12.1 Å². The van der Waals surface area contributed by atoms with E-state index >= 15 is 0 Å². The number of aromatic nitrogens is 1. The van der Waals surface area contributed by atoms with E-state index in [2.05, 4.69) is 17.4 Å². The fourth-order valence-corrected chi connectivity index (χ4v) is 3.13. The first kappa shape index (κ1) is 15.6. The molecule has 1 aliphatic rings. The monoisotopic (exact) mass is 317 g/mol. The summed E-state index contributed by atoms with van der Waals surface area (Å²) in [7, 11) is 0. The maximum Gasteiger partial charge on any atom is 0.322 e. The largest absolute Gasteiger partial charge is 0.467 e. The van der Waals surface area contributed by atoms with Crippen LogP contribution in [0.4, 0.5) is 10.5 Å². The van der Waals surface area contributed by atoms with E-state index in [1.54, 1.807) is 6.26 Å². The van der Waals surface area contributed by atoms with Crippen LogP contribution in [0.3, 0.4) is 0 Å². The lowest BCUT2D eigenvalue weighted by Gasteiger charge is -2.37. The van der Waals surface area contributed by atoms with Crippen LogP contribution in [0.1, 0.15) is 49.9 Å². The van der Waals surface area contributed by atoms with Crippen LogP contribution in [0.5, 0.6) is 0 Å². The zero-order valence-corrected chi connectivity index (χ0v) is 13.8. The second kappa shape index (κ2) is 6.48. The molecule has 0 radical (unpaired) electrons. The van der Waals surface area contributed by atoms with Crippen molar-refractivity contribution in [3.63, 3.8) is 0 Å². The average Bonchev–Trinajstić information content (AvgIpc) is 3.18. The molecule has 0 spiro atoms. The van der Waals surface area contributed by atoms with Gasteiger partial charge in [-0.3, -0.25) is 0 Å². The number of nitrogens with zero attached hydrogens (tertiary/aromatic N) is 2. The van der Waals surface area contributed by atoms with E-state index < -0.39 is 0 Å². The standard InChI is InChI=1S/C17H23N3O3/c1-4-13-16(12(3)23-19-13)18-17(21)20-8-7-11(2)10-14(20)15-6-5-9-22-15/h5-6,9,11,14H,4,7-8,10H2,1-3H3,(H,18,21)/t11-,14+/m0/s1. The van der Waals surface area contributed by atoms with Crippen LogP contribution in [0.25, 0.3) is 0 Å². The molecule has 1 saturated heterocycles. The summed E-state index contributed by atoms with van der Waals surface area (Å²) in [4.78, 5) is 14.7. The van der Waals surface area contributed by atoms with Crippen molar-refractivity contribution in [3.8, 4) is 0 Å². The smallest absolute Gasteiger partial charge is 0.322 e. The molecular weight excluding hydrogens is 294 g/mol. The van der Waals surface area contributed by atoms with Gasteiger partial charge in [-0.2, -0.15) is 0 Å². The van der Waals surface area contributed by atoms with Crippen molar-refractivity contribution in [2.45, 2.75) is 46.1 Å². The molecule has 3 heterocycles. The fourth-order valence-electron chi connectivity index (χ4n) is 3.13. The van der Waals surface area contributed by atoms with Crippen LogP contribution in [-0.2, 0) is 6.42 Å². The second-order valence-corrected chi connectivity index (χ2v) is 6.20. The van der Waals surface area contributed by atoms with Gasteiger partial charge in [0.15, 0.2) is 5.76 Å². The predicted octanol–water partition coefficient (Wildman–Crippen LogP) is 4.14. The Balaban J connectivity index is 1.80. The molecule has 1 N–H and O–H groups in total. The lowest BCUT2D eigenvalue weighted by Crippen LogP contribution is -2.43. The molecule has 6 nitrogen and oxygen atoms in total. The molecule has 23 heavy (non-hydrogen) atoms. The van der Waals surface area contributed by atoms with Gasteiger partial charge in [-0.25, -0.2) is 4.79 Å². The number of hydrogen-bond acceptors (Lipinski definition) is 4. The lowest BCUT2D eigenvalue weighted by atomic mass is 9.91. The number of anilines is 1. The summed E-state index contributed by atoms with van der Waals surface area (Å²) in [6.07, 6.45) is 4.27. The third-order valence-corrected chi connectivity index (χ3v) is 4.50. The molecule has 0 saturated carbocycles. The molecule has 0 aromatic carbocycles. The van der Waals surface area contributed by atoms with E-state index in [0.29, 0.717) is 30.3 Å². The Hall–Kier alpha value is -2.24. The summed E-state index contributed by atoms with van der Waals surface area (Å²) in [5.74, 6) is 2.04. The van der Waals surface area contributed by atoms with Gasteiger partial charge in [-0.05, 0) is 44.2 Å². The Morgan fingerprint density at radius 3 is 3.04 bits per heavy atom. The number of amides is 2. The minimum atomic E-state index is -0.126. The highest BCUT2D eigenvalue weighted by molar-refractivity contribution is 5.90. The maximum atomic E-state index is 12.8. The van der Waals surface area contributed by atoms with Gasteiger partial charge < -0.3 is 19.2 Å². The van der Waals surface area contributed by atoms with Gasteiger partial charge in [0.05, 0.1) is 12.3 Å². The van der Waals surface area contributed by atoms with Crippen molar-refractivity contribution in [2.75, 3.05) is 11.9 Å². The highest BCUT2D eigenvalue weighted by atomic mass is 16.5. The molecule has 0 bridgehead atoms. The number of piperidine rings is 1. The van der Waals surface area contributed by atoms with Crippen LogP contribution in [-0.4, -0.2) is 22.6 Å². The van der Waals surface area contributed by atoms with Crippen LogP contribution in [0.2, 0.25) is 0 Å². The fraction of sp³-hybridized carbons (Fsp3) is 0.529. The van der Waals surface area contributed by atoms with Crippen LogP contribution < -0.4 is 5.32 Å². The SMILES string of the molecule is CCc1noc(C)c1NC(=O)N1CC[C@H](C)C[C@@H]1c1ccco1. The van der Waals surface area contributed by atoms with E-state index in [0.717, 1.165) is 24.3 Å². The van der Waals surface area contributed by atoms with Crippen molar-refractivity contribution >= 4 is 11.7 Å². The first-order valence-corrected chi connectivity index (χ1v) is 8.16. The molecule has 2 atom stereocenters. The number of rotatable bonds is 3. The summed E-state index contributed by atoms with van der Waals surface area (Å²) in [5, 5.41) is 6.96. The van der Waals surface area contributed by atoms with E-state index in [1.165, 1.54) is 0 Å². The highest BCUT2D eigenvalue weighted by Crippen LogP contribution is 2.35. The molecule has 0 aliphatic carbocycles. The lowest BCUT2D eigenvalue weighted by molar-refractivity contribution is 0.129. The zero-order chi connectivity index (χ0) is 16.4. The molecule has 124 valence electrons. The Morgan fingerprint density at radius 1 is 1.52 bits per heavy atom. The van der Waals surface area contributed by atoms with Gasteiger partial charge in [0, 0.05) is 6.54 Å². The summed E-state index contributed by atoms with van der Waals surface area (Å²) >= 11 is 0. The molecule has 1 fully saturated rings. The number of carbonyl (C=O) groups excluding carboxylic acids is 1. The van der Waals surface area contributed by atoms with Gasteiger partial charge in [0.25, 0.3) is 0 Å². The van der Waals surface area contributed by atoms with Gasteiger partial charge in [0.1, 0.15) is 17.1 Å². The summed E-state index contributed by atoms with van der Waals surface area (Å²) in [5.41, 5.74) is 1.46. The first-order valence-electron chi connectivity index (χ1n) is 8.16. The minimum Gasteiger partial charge on any atom is -0.467 e. The van der Waals surface area contributed by atoms with Crippen molar-refractivity contribution in [1.29, 1.82) is 0 Å². The Morgan fingerprint density at radius 2 is 2.35 bits per heavy atom. The van der Waals surface area contributed by atoms with E-state index in [4.69, 9.17) is 8.94 Å². The van der Waals surface area contributed by atoms with Crippen molar-refractivity contribution < 1.29 is 13.7 Å². The Bertz CT molecular complexity index is 663. The van der Waals surface area contributed by atoms with Gasteiger partial charge in [-0.15, -0.1) is 0 Å². The molecule has 2 aromatic heterocycles. The molecule has 3 rings (SSSR count). The van der Waals surface area contributed by atoms with Crippen molar-refractivity contribution in [3.05, 3.63) is 35.6 Å². The van der Waals surface area contributed by atoms with Gasteiger partial charge in [-0.1, -0.05) is 19.0 Å². The third-order valence-electron chi connectivity index (χ3n) is 4.50. The number of urea groups is 1. The number of carbonyl (C=O) groups is 1. The second-order valence-electron chi connectivity index (χ2n) is 6.20. The summed E-state index contributed by atoms with van der Waals surface area (Å²) in [6, 6.07) is 3.65.